The Balaban J connectivity index is 2.03. The summed E-state index contributed by atoms with van der Waals surface area (Å²) >= 11 is 0. The molecule has 1 N–H and O–H groups in total. The second kappa shape index (κ2) is 6.34. The molecule has 1 aliphatic heterocycles. The molecule has 1 unspecified atom stereocenters. The largest absolute Gasteiger partial charge is 0.463 e. The summed E-state index contributed by atoms with van der Waals surface area (Å²) in [6.07, 6.45) is 2.60. The highest BCUT2D eigenvalue weighted by atomic mass is 16.5. The molecule has 0 aromatic heterocycles. The molecule has 20 heavy (non-hydrogen) atoms. The van der Waals surface area contributed by atoms with E-state index < -0.39 is 6.10 Å². The number of nitrogens with zero attached hydrogens (tertiary/aromatic N) is 1. The van der Waals surface area contributed by atoms with Crippen molar-refractivity contribution in [1.82, 2.24) is 0 Å². The molecule has 0 bridgehead atoms. The summed E-state index contributed by atoms with van der Waals surface area (Å²) in [4.78, 5) is 24.4. The fraction of sp³-hybridized carbons (Fsp3) is 0.333. The number of benzene rings is 1. The number of carbonyl (C=O) groups is 2. The van der Waals surface area contributed by atoms with Crippen molar-refractivity contribution in [2.75, 3.05) is 18.1 Å². The molecule has 1 aromatic carbocycles. The highest BCUT2D eigenvalue weighted by Gasteiger charge is 2.28. The van der Waals surface area contributed by atoms with Crippen LogP contribution in [0.2, 0.25) is 0 Å². The van der Waals surface area contributed by atoms with Gasteiger partial charge in [-0.3, -0.25) is 4.79 Å². The third-order valence-electron chi connectivity index (χ3n) is 3.01. The minimum Gasteiger partial charge on any atom is -0.463 e. The second-order valence-corrected chi connectivity index (χ2v) is 4.54. The highest BCUT2D eigenvalue weighted by molar-refractivity contribution is 5.96. The third kappa shape index (κ3) is 3.45. The summed E-state index contributed by atoms with van der Waals surface area (Å²) in [7, 11) is 0. The maximum absolute atomic E-state index is 11.6. The van der Waals surface area contributed by atoms with Crippen molar-refractivity contribution in [2.45, 2.75) is 19.4 Å². The Morgan fingerprint density at radius 1 is 1.45 bits per heavy atom. The molecule has 0 spiro atoms. The van der Waals surface area contributed by atoms with E-state index in [1.807, 2.05) is 12.1 Å². The highest BCUT2D eigenvalue weighted by Crippen LogP contribution is 2.22. The summed E-state index contributed by atoms with van der Waals surface area (Å²) < 4.78 is 4.79. The summed E-state index contributed by atoms with van der Waals surface area (Å²) in [5.41, 5.74) is 1.59. The quantitative estimate of drug-likeness (QED) is 0.665. The van der Waals surface area contributed by atoms with Gasteiger partial charge in [0.05, 0.1) is 25.7 Å². The van der Waals surface area contributed by atoms with E-state index in [0.717, 1.165) is 11.3 Å². The standard InChI is InChI=1S/C15H17NO4/c1-2-20-15(19)8-5-11-3-6-12(7-4-11)16-10-13(17)9-14(16)18/h3-8,13,17H,2,9-10H2,1H3/b8-5+. The van der Waals surface area contributed by atoms with Crippen LogP contribution in [-0.4, -0.2) is 36.2 Å². The van der Waals surface area contributed by atoms with Crippen LogP contribution in [-0.2, 0) is 14.3 Å². The Hall–Kier alpha value is -2.14. The maximum Gasteiger partial charge on any atom is 0.330 e. The SMILES string of the molecule is CCOC(=O)/C=C/c1ccc(N2CC(O)CC2=O)cc1. The molecule has 1 amide bonds. The Kier molecular flexibility index (Phi) is 4.53. The monoisotopic (exact) mass is 275 g/mol. The average Bonchev–Trinajstić information content (AvgIpc) is 2.76. The van der Waals surface area contributed by atoms with Gasteiger partial charge in [0.25, 0.3) is 0 Å². The zero-order valence-corrected chi connectivity index (χ0v) is 11.3. The number of anilines is 1. The van der Waals surface area contributed by atoms with E-state index in [0.29, 0.717) is 13.2 Å². The van der Waals surface area contributed by atoms with Gasteiger partial charge < -0.3 is 14.7 Å². The van der Waals surface area contributed by atoms with Crippen LogP contribution in [0.4, 0.5) is 5.69 Å². The lowest BCUT2D eigenvalue weighted by molar-refractivity contribution is -0.137. The Morgan fingerprint density at radius 3 is 2.70 bits per heavy atom. The fourth-order valence-electron chi connectivity index (χ4n) is 2.06. The van der Waals surface area contributed by atoms with Crippen molar-refractivity contribution in [3.63, 3.8) is 0 Å². The molecule has 2 rings (SSSR count). The maximum atomic E-state index is 11.6. The molecule has 1 aliphatic rings. The fourth-order valence-corrected chi connectivity index (χ4v) is 2.06. The number of amides is 1. The van der Waals surface area contributed by atoms with Crippen molar-refractivity contribution in [3.8, 4) is 0 Å². The Morgan fingerprint density at radius 2 is 2.15 bits per heavy atom. The predicted molar refractivity (Wildman–Crippen MR) is 75.1 cm³/mol. The van der Waals surface area contributed by atoms with Gasteiger partial charge in [0.2, 0.25) is 5.91 Å². The number of hydrogen-bond acceptors (Lipinski definition) is 4. The van der Waals surface area contributed by atoms with Crippen molar-refractivity contribution >= 4 is 23.6 Å². The molecule has 1 aromatic rings. The van der Waals surface area contributed by atoms with E-state index in [1.165, 1.54) is 6.08 Å². The number of rotatable bonds is 4. The van der Waals surface area contributed by atoms with E-state index in [4.69, 9.17) is 4.74 Å². The van der Waals surface area contributed by atoms with Gasteiger partial charge in [-0.25, -0.2) is 4.79 Å². The summed E-state index contributed by atoms with van der Waals surface area (Å²) in [6, 6.07) is 7.20. The molecule has 0 aliphatic carbocycles. The first-order chi connectivity index (χ1) is 9.60. The smallest absolute Gasteiger partial charge is 0.330 e. The first-order valence-corrected chi connectivity index (χ1v) is 6.53. The minimum absolute atomic E-state index is 0.0766. The van der Waals surface area contributed by atoms with Gasteiger partial charge >= 0.3 is 5.97 Å². The normalized spacial score (nSPS) is 18.8. The first kappa shape index (κ1) is 14.3. The van der Waals surface area contributed by atoms with Crippen molar-refractivity contribution < 1.29 is 19.4 Å². The number of β-amino-alcohol motifs (C(OH)–C–C–N with tert-alkyl or cyclic N) is 1. The van der Waals surface area contributed by atoms with Gasteiger partial charge in [-0.15, -0.1) is 0 Å². The zero-order chi connectivity index (χ0) is 14.5. The molecule has 5 nitrogen and oxygen atoms in total. The van der Waals surface area contributed by atoms with Gasteiger partial charge in [-0.2, -0.15) is 0 Å². The van der Waals surface area contributed by atoms with E-state index in [1.54, 1.807) is 30.0 Å². The number of esters is 1. The van der Waals surface area contributed by atoms with Crippen LogP contribution in [0.5, 0.6) is 0 Å². The Bertz CT molecular complexity index is 521. The Labute approximate surface area is 117 Å². The summed E-state index contributed by atoms with van der Waals surface area (Å²) in [5.74, 6) is -0.457. The van der Waals surface area contributed by atoms with E-state index in [2.05, 4.69) is 0 Å². The lowest BCUT2D eigenvalue weighted by Gasteiger charge is -2.15. The first-order valence-electron chi connectivity index (χ1n) is 6.53. The molecular weight excluding hydrogens is 258 g/mol. The molecule has 1 saturated heterocycles. The number of aliphatic hydroxyl groups is 1. The lowest BCUT2D eigenvalue weighted by Crippen LogP contribution is -2.25. The topological polar surface area (TPSA) is 66.8 Å². The molecule has 106 valence electrons. The van der Waals surface area contributed by atoms with E-state index in [-0.39, 0.29) is 18.3 Å². The predicted octanol–water partition coefficient (Wildman–Crippen LogP) is 1.36. The van der Waals surface area contributed by atoms with Crippen LogP contribution < -0.4 is 4.90 Å². The second-order valence-electron chi connectivity index (χ2n) is 4.54. The molecule has 1 fully saturated rings. The van der Waals surface area contributed by atoms with Crippen LogP contribution in [0.15, 0.2) is 30.3 Å². The van der Waals surface area contributed by atoms with Crippen molar-refractivity contribution in [1.29, 1.82) is 0 Å². The van der Waals surface area contributed by atoms with E-state index in [9.17, 15) is 14.7 Å². The molecular formula is C15H17NO4. The van der Waals surface area contributed by atoms with Gasteiger partial charge in [0.15, 0.2) is 0 Å². The van der Waals surface area contributed by atoms with Crippen LogP contribution in [0.25, 0.3) is 6.08 Å². The van der Waals surface area contributed by atoms with Gasteiger partial charge in [-0.1, -0.05) is 12.1 Å². The van der Waals surface area contributed by atoms with Crippen LogP contribution >= 0.6 is 0 Å². The summed E-state index contributed by atoms with van der Waals surface area (Å²) in [5, 5.41) is 9.46. The molecule has 1 atom stereocenters. The molecule has 1 heterocycles. The van der Waals surface area contributed by atoms with Crippen LogP contribution in [0.1, 0.15) is 18.9 Å². The van der Waals surface area contributed by atoms with Crippen molar-refractivity contribution in [2.24, 2.45) is 0 Å². The molecule has 5 heteroatoms. The third-order valence-corrected chi connectivity index (χ3v) is 3.01. The van der Waals surface area contributed by atoms with Gasteiger partial charge in [-0.05, 0) is 30.7 Å². The number of aliphatic hydroxyl groups excluding tert-OH is 1. The molecule has 0 radical (unpaired) electrons. The average molecular weight is 275 g/mol. The van der Waals surface area contributed by atoms with E-state index >= 15 is 0 Å². The molecule has 0 saturated carbocycles. The van der Waals surface area contributed by atoms with Gasteiger partial charge in [0, 0.05) is 11.8 Å². The van der Waals surface area contributed by atoms with Crippen molar-refractivity contribution in [3.05, 3.63) is 35.9 Å². The van der Waals surface area contributed by atoms with Crippen LogP contribution in [0, 0.1) is 0 Å². The van der Waals surface area contributed by atoms with Crippen LogP contribution in [0.3, 0.4) is 0 Å². The zero-order valence-electron chi connectivity index (χ0n) is 11.3. The number of carbonyl (C=O) groups excluding carboxylic acids is 2. The van der Waals surface area contributed by atoms with Gasteiger partial charge in [0.1, 0.15) is 0 Å². The summed E-state index contributed by atoms with van der Waals surface area (Å²) in [6.45, 7) is 2.43. The number of hydrogen-bond donors (Lipinski definition) is 1. The lowest BCUT2D eigenvalue weighted by atomic mass is 10.2. The number of ether oxygens (including phenoxy) is 1. The minimum atomic E-state index is -0.592.